The van der Waals surface area contributed by atoms with Gasteiger partial charge in [-0.15, -0.1) is 11.3 Å². The smallest absolute Gasteiger partial charge is 0.387 e. The van der Waals surface area contributed by atoms with E-state index in [4.69, 9.17) is 0 Å². The van der Waals surface area contributed by atoms with E-state index in [1.807, 2.05) is 13.8 Å². The number of fused-ring (bicyclic) bond motifs is 1. The molecule has 0 saturated carbocycles. The van der Waals surface area contributed by atoms with Gasteiger partial charge >= 0.3 is 6.61 Å². The third-order valence-electron chi connectivity index (χ3n) is 3.92. The summed E-state index contributed by atoms with van der Waals surface area (Å²) in [6.45, 7) is 2.71. The Morgan fingerprint density at radius 3 is 2.69 bits per heavy atom. The first-order chi connectivity index (χ1) is 12.4. The van der Waals surface area contributed by atoms with Gasteiger partial charge in [-0.05, 0) is 32.4 Å². The van der Waals surface area contributed by atoms with E-state index >= 15 is 0 Å². The molecule has 0 aliphatic rings. The zero-order valence-corrected chi connectivity index (χ0v) is 15.3. The van der Waals surface area contributed by atoms with E-state index in [0.717, 1.165) is 21.5 Å². The second kappa shape index (κ2) is 7.33. The minimum Gasteiger partial charge on any atom is -0.434 e. The van der Waals surface area contributed by atoms with E-state index in [2.05, 4.69) is 20.0 Å². The number of hydrogen-bond acceptors (Lipinski definition) is 5. The number of aromatic nitrogens is 2. The second-order valence-electron chi connectivity index (χ2n) is 5.76. The molecule has 136 valence electrons. The Morgan fingerprint density at radius 1 is 1.23 bits per heavy atom. The van der Waals surface area contributed by atoms with Gasteiger partial charge < -0.3 is 10.1 Å². The minimum absolute atomic E-state index is 0.0493. The molecule has 8 heteroatoms. The van der Waals surface area contributed by atoms with Gasteiger partial charge in [0.15, 0.2) is 0 Å². The highest BCUT2D eigenvalue weighted by Crippen LogP contribution is 2.31. The van der Waals surface area contributed by atoms with Crippen molar-refractivity contribution in [3.63, 3.8) is 0 Å². The summed E-state index contributed by atoms with van der Waals surface area (Å²) in [5, 5.41) is 3.64. The Labute approximate surface area is 153 Å². The summed E-state index contributed by atoms with van der Waals surface area (Å²) in [7, 11) is 0. The maximum Gasteiger partial charge on any atom is 0.387 e. The van der Waals surface area contributed by atoms with Gasteiger partial charge in [0.2, 0.25) is 0 Å². The number of para-hydroxylation sites is 1. The SMILES string of the molecule is Cc1nc(C)c2c(C)c(C(=O)NCc3ccccc3OC(F)F)sc2n1. The van der Waals surface area contributed by atoms with Gasteiger partial charge in [-0.2, -0.15) is 8.78 Å². The van der Waals surface area contributed by atoms with Crippen molar-refractivity contribution in [1.82, 2.24) is 15.3 Å². The first-order valence-corrected chi connectivity index (χ1v) is 8.73. The predicted octanol–water partition coefficient (Wildman–Crippen LogP) is 4.15. The summed E-state index contributed by atoms with van der Waals surface area (Å²) in [4.78, 5) is 22.6. The van der Waals surface area contributed by atoms with Crippen LogP contribution in [0.5, 0.6) is 5.75 Å². The van der Waals surface area contributed by atoms with Crippen molar-refractivity contribution in [3.8, 4) is 5.75 Å². The average Bonchev–Trinajstić information content (AvgIpc) is 2.90. The Bertz CT molecular complexity index is 972. The van der Waals surface area contributed by atoms with Crippen molar-refractivity contribution in [1.29, 1.82) is 0 Å². The van der Waals surface area contributed by atoms with Gasteiger partial charge in [0.1, 0.15) is 16.4 Å². The molecule has 0 radical (unpaired) electrons. The molecule has 0 atom stereocenters. The largest absolute Gasteiger partial charge is 0.434 e. The van der Waals surface area contributed by atoms with Crippen LogP contribution in [-0.4, -0.2) is 22.5 Å². The molecule has 26 heavy (non-hydrogen) atoms. The van der Waals surface area contributed by atoms with E-state index < -0.39 is 6.61 Å². The third-order valence-corrected chi connectivity index (χ3v) is 5.10. The fraction of sp³-hybridized carbons (Fsp3) is 0.278. The monoisotopic (exact) mass is 377 g/mol. The molecule has 0 fully saturated rings. The molecule has 0 unspecified atom stereocenters. The van der Waals surface area contributed by atoms with Crippen LogP contribution >= 0.6 is 11.3 Å². The number of carbonyl (C=O) groups excluding carboxylic acids is 1. The molecule has 0 aliphatic carbocycles. The zero-order valence-electron chi connectivity index (χ0n) is 14.5. The number of amides is 1. The third kappa shape index (κ3) is 3.65. The molecule has 3 aromatic rings. The standard InChI is InChI=1S/C18H17F2N3O2S/c1-9-14-10(2)22-11(3)23-17(14)26-15(9)16(24)21-8-12-6-4-5-7-13(12)25-18(19)20/h4-7,18H,8H2,1-3H3,(H,21,24). The molecule has 5 nitrogen and oxygen atoms in total. The quantitative estimate of drug-likeness (QED) is 0.726. The number of ether oxygens (including phenoxy) is 1. The van der Waals surface area contributed by atoms with Crippen LogP contribution in [0.15, 0.2) is 24.3 Å². The van der Waals surface area contributed by atoms with Crippen molar-refractivity contribution < 1.29 is 18.3 Å². The van der Waals surface area contributed by atoms with Crippen LogP contribution in [-0.2, 0) is 6.54 Å². The Morgan fingerprint density at radius 2 is 1.96 bits per heavy atom. The summed E-state index contributed by atoms with van der Waals surface area (Å²) < 4.78 is 29.5. The van der Waals surface area contributed by atoms with Gasteiger partial charge in [0.25, 0.3) is 5.91 Å². The summed E-state index contributed by atoms with van der Waals surface area (Å²) in [5.41, 5.74) is 2.12. The van der Waals surface area contributed by atoms with E-state index in [-0.39, 0.29) is 18.2 Å². The fourth-order valence-corrected chi connectivity index (χ4v) is 4.00. The number of aryl methyl sites for hydroxylation is 3. The van der Waals surface area contributed by atoms with Crippen LogP contribution in [0.2, 0.25) is 0 Å². The molecule has 2 heterocycles. The average molecular weight is 377 g/mol. The summed E-state index contributed by atoms with van der Waals surface area (Å²) in [5.74, 6) is 0.420. The maximum atomic E-state index is 12.6. The number of rotatable bonds is 5. The first kappa shape index (κ1) is 18.2. The number of carbonyl (C=O) groups is 1. The topological polar surface area (TPSA) is 64.1 Å². The lowest BCUT2D eigenvalue weighted by Gasteiger charge is -2.11. The summed E-state index contributed by atoms with van der Waals surface area (Å²) >= 11 is 1.30. The highest BCUT2D eigenvalue weighted by Gasteiger charge is 2.19. The number of hydrogen-bond donors (Lipinski definition) is 1. The van der Waals surface area contributed by atoms with Crippen molar-refractivity contribution in [2.45, 2.75) is 33.9 Å². The predicted molar refractivity (Wildman–Crippen MR) is 95.9 cm³/mol. The number of alkyl halides is 2. The molecule has 1 amide bonds. The molecule has 2 aromatic heterocycles. The Hall–Kier alpha value is -2.61. The van der Waals surface area contributed by atoms with Crippen LogP contribution in [0.3, 0.4) is 0 Å². The van der Waals surface area contributed by atoms with E-state index in [1.54, 1.807) is 25.1 Å². The minimum atomic E-state index is -2.92. The van der Waals surface area contributed by atoms with Crippen LogP contribution in [0.4, 0.5) is 8.78 Å². The van der Waals surface area contributed by atoms with Crippen molar-refractivity contribution in [2.75, 3.05) is 0 Å². The van der Waals surface area contributed by atoms with E-state index in [1.165, 1.54) is 17.4 Å². The molecule has 0 bridgehead atoms. The first-order valence-electron chi connectivity index (χ1n) is 7.92. The molecular weight excluding hydrogens is 360 g/mol. The van der Waals surface area contributed by atoms with Crippen LogP contribution in [0.1, 0.15) is 32.3 Å². The fourth-order valence-electron chi connectivity index (χ4n) is 2.81. The van der Waals surface area contributed by atoms with Crippen LogP contribution in [0.25, 0.3) is 10.2 Å². The normalized spacial score (nSPS) is 11.2. The van der Waals surface area contributed by atoms with Crippen molar-refractivity contribution >= 4 is 27.5 Å². The lowest BCUT2D eigenvalue weighted by molar-refractivity contribution is -0.0504. The Balaban J connectivity index is 1.83. The molecule has 1 N–H and O–H groups in total. The number of nitrogens with zero attached hydrogens (tertiary/aromatic N) is 2. The van der Waals surface area contributed by atoms with Gasteiger partial charge in [-0.3, -0.25) is 4.79 Å². The number of thiophene rings is 1. The van der Waals surface area contributed by atoms with Gasteiger partial charge in [0.05, 0.1) is 4.88 Å². The Kier molecular flexibility index (Phi) is 5.13. The molecule has 0 saturated heterocycles. The lowest BCUT2D eigenvalue weighted by Crippen LogP contribution is -2.23. The molecule has 3 rings (SSSR count). The molecule has 1 aromatic carbocycles. The maximum absolute atomic E-state index is 12.6. The van der Waals surface area contributed by atoms with Gasteiger partial charge in [-0.1, -0.05) is 18.2 Å². The van der Waals surface area contributed by atoms with Crippen molar-refractivity contribution in [2.24, 2.45) is 0 Å². The highest BCUT2D eigenvalue weighted by molar-refractivity contribution is 7.20. The van der Waals surface area contributed by atoms with Gasteiger partial charge in [0, 0.05) is 23.2 Å². The van der Waals surface area contributed by atoms with E-state index in [9.17, 15) is 13.6 Å². The molecule has 0 aliphatic heterocycles. The summed E-state index contributed by atoms with van der Waals surface area (Å²) in [6, 6.07) is 6.38. The number of benzene rings is 1. The highest BCUT2D eigenvalue weighted by atomic mass is 32.1. The van der Waals surface area contributed by atoms with Crippen molar-refractivity contribution in [3.05, 3.63) is 51.8 Å². The van der Waals surface area contributed by atoms with Gasteiger partial charge in [-0.25, -0.2) is 9.97 Å². The number of halogens is 2. The zero-order chi connectivity index (χ0) is 18.8. The molecule has 0 spiro atoms. The van der Waals surface area contributed by atoms with Crippen LogP contribution < -0.4 is 10.1 Å². The molecular formula is C18H17F2N3O2S. The second-order valence-corrected chi connectivity index (χ2v) is 6.76. The van der Waals surface area contributed by atoms with Crippen LogP contribution in [0, 0.1) is 20.8 Å². The summed E-state index contributed by atoms with van der Waals surface area (Å²) in [6.07, 6.45) is 0. The number of nitrogens with one attached hydrogen (secondary N) is 1. The van der Waals surface area contributed by atoms with E-state index in [0.29, 0.717) is 16.3 Å². The lowest BCUT2D eigenvalue weighted by atomic mass is 10.1.